The Labute approximate surface area is 85.4 Å². The number of carboxylic acid groups (broad SMARTS) is 1. The van der Waals surface area contributed by atoms with Gasteiger partial charge in [-0.15, -0.1) is 10.2 Å². The molecule has 0 bridgehead atoms. The van der Waals surface area contributed by atoms with Crippen molar-refractivity contribution in [2.75, 3.05) is 0 Å². The van der Waals surface area contributed by atoms with Gasteiger partial charge in [-0.25, -0.2) is 0 Å². The second-order valence-corrected chi connectivity index (χ2v) is 3.01. The highest BCUT2D eigenvalue weighted by Crippen LogP contribution is 2.16. The van der Waals surface area contributed by atoms with E-state index in [0.717, 1.165) is 11.1 Å². The van der Waals surface area contributed by atoms with Gasteiger partial charge in [0, 0.05) is 5.56 Å². The van der Waals surface area contributed by atoms with Crippen LogP contribution < -0.4 is 0 Å². The van der Waals surface area contributed by atoms with Crippen molar-refractivity contribution in [1.29, 1.82) is 0 Å². The Balaban J connectivity index is 2.21. The topological polar surface area (TPSA) is 76.2 Å². The van der Waals surface area contributed by atoms with Crippen LogP contribution in [0.15, 0.2) is 35.1 Å². The summed E-state index contributed by atoms with van der Waals surface area (Å²) in [4.78, 5) is 10.4. The summed E-state index contributed by atoms with van der Waals surface area (Å²) in [5.74, 6) is -0.419. The van der Waals surface area contributed by atoms with Crippen LogP contribution in [0.3, 0.4) is 0 Å². The van der Waals surface area contributed by atoms with Crippen LogP contribution in [-0.4, -0.2) is 21.3 Å². The second kappa shape index (κ2) is 3.91. The van der Waals surface area contributed by atoms with E-state index in [1.165, 1.54) is 6.39 Å². The number of hydrogen-bond donors (Lipinski definition) is 1. The summed E-state index contributed by atoms with van der Waals surface area (Å²) >= 11 is 0. The molecule has 0 spiro atoms. The first-order valence-corrected chi connectivity index (χ1v) is 4.33. The van der Waals surface area contributed by atoms with E-state index in [9.17, 15) is 4.79 Å². The molecule has 76 valence electrons. The summed E-state index contributed by atoms with van der Waals surface area (Å²) in [6.07, 6.45) is 1.27. The fraction of sp³-hybridized carbons (Fsp3) is 0.100. The molecule has 5 nitrogen and oxygen atoms in total. The summed E-state index contributed by atoms with van der Waals surface area (Å²) in [7, 11) is 0. The van der Waals surface area contributed by atoms with E-state index in [2.05, 4.69) is 10.2 Å². The summed E-state index contributed by atoms with van der Waals surface area (Å²) in [5, 5.41) is 15.9. The highest BCUT2D eigenvalue weighted by atomic mass is 16.4. The Bertz CT molecular complexity index is 448. The number of aromatic nitrogens is 2. The summed E-state index contributed by atoms with van der Waals surface area (Å²) in [6, 6.07) is 6.97. The molecule has 1 aromatic carbocycles. The number of carbonyl (C=O) groups is 1. The molecule has 0 amide bonds. The fourth-order valence-corrected chi connectivity index (χ4v) is 1.24. The van der Waals surface area contributed by atoms with Gasteiger partial charge in [0.1, 0.15) is 0 Å². The number of carboxylic acids is 1. The maximum atomic E-state index is 10.4. The van der Waals surface area contributed by atoms with Crippen LogP contribution in [0.5, 0.6) is 0 Å². The zero-order chi connectivity index (χ0) is 10.7. The van der Waals surface area contributed by atoms with Crippen LogP contribution in [0.2, 0.25) is 0 Å². The summed E-state index contributed by atoms with van der Waals surface area (Å²) < 4.78 is 5.00. The van der Waals surface area contributed by atoms with Crippen molar-refractivity contribution in [3.8, 4) is 11.5 Å². The van der Waals surface area contributed by atoms with Crippen LogP contribution in [0.4, 0.5) is 0 Å². The van der Waals surface area contributed by atoms with Crippen molar-refractivity contribution in [3.63, 3.8) is 0 Å². The van der Waals surface area contributed by atoms with Crippen molar-refractivity contribution in [3.05, 3.63) is 36.2 Å². The first kappa shape index (κ1) is 9.39. The molecule has 0 saturated carbocycles. The Hall–Kier alpha value is -2.17. The standard InChI is InChI=1S/C10H8N2O3/c13-9(14)5-7-1-3-8(4-2-7)10-12-11-6-15-10/h1-4,6H,5H2,(H,13,14). The smallest absolute Gasteiger partial charge is 0.307 e. The Morgan fingerprint density at radius 1 is 1.33 bits per heavy atom. The van der Waals surface area contributed by atoms with Crippen LogP contribution in [0.25, 0.3) is 11.5 Å². The Morgan fingerprint density at radius 3 is 2.60 bits per heavy atom. The molecule has 0 aliphatic carbocycles. The maximum Gasteiger partial charge on any atom is 0.307 e. The molecule has 0 radical (unpaired) electrons. The van der Waals surface area contributed by atoms with Gasteiger partial charge in [-0.2, -0.15) is 0 Å². The van der Waals surface area contributed by atoms with Crippen LogP contribution in [0, 0.1) is 0 Å². The Kier molecular flexibility index (Phi) is 2.45. The van der Waals surface area contributed by atoms with E-state index in [4.69, 9.17) is 9.52 Å². The minimum absolute atomic E-state index is 0.0180. The molecule has 0 aliphatic rings. The molecule has 2 rings (SSSR count). The lowest BCUT2D eigenvalue weighted by molar-refractivity contribution is -0.136. The Morgan fingerprint density at radius 2 is 2.07 bits per heavy atom. The number of benzene rings is 1. The van der Waals surface area contributed by atoms with Crippen molar-refractivity contribution < 1.29 is 14.3 Å². The van der Waals surface area contributed by atoms with E-state index >= 15 is 0 Å². The molecular weight excluding hydrogens is 196 g/mol. The van der Waals surface area contributed by atoms with Crippen molar-refractivity contribution in [2.24, 2.45) is 0 Å². The van der Waals surface area contributed by atoms with Gasteiger partial charge in [0.2, 0.25) is 12.3 Å². The van der Waals surface area contributed by atoms with E-state index in [1.807, 2.05) is 0 Å². The molecule has 1 aromatic heterocycles. The molecule has 0 fully saturated rings. The molecule has 0 aliphatic heterocycles. The largest absolute Gasteiger partial charge is 0.481 e. The number of nitrogens with zero attached hydrogens (tertiary/aromatic N) is 2. The minimum atomic E-state index is -0.847. The highest BCUT2D eigenvalue weighted by Gasteiger charge is 2.04. The van der Waals surface area contributed by atoms with E-state index in [-0.39, 0.29) is 6.42 Å². The average molecular weight is 204 g/mol. The number of rotatable bonds is 3. The average Bonchev–Trinajstić information content (AvgIpc) is 2.71. The van der Waals surface area contributed by atoms with Crippen molar-refractivity contribution >= 4 is 5.97 Å². The molecule has 2 aromatic rings. The van der Waals surface area contributed by atoms with Gasteiger partial charge in [0.25, 0.3) is 0 Å². The van der Waals surface area contributed by atoms with E-state index in [1.54, 1.807) is 24.3 Å². The molecule has 5 heteroatoms. The lowest BCUT2D eigenvalue weighted by atomic mass is 10.1. The van der Waals surface area contributed by atoms with Crippen LogP contribution in [0.1, 0.15) is 5.56 Å². The van der Waals surface area contributed by atoms with Crippen molar-refractivity contribution in [1.82, 2.24) is 10.2 Å². The molecule has 1 heterocycles. The van der Waals surface area contributed by atoms with Crippen LogP contribution in [-0.2, 0) is 11.2 Å². The summed E-state index contributed by atoms with van der Waals surface area (Å²) in [5.41, 5.74) is 1.52. The third kappa shape index (κ3) is 2.19. The maximum absolute atomic E-state index is 10.4. The summed E-state index contributed by atoms with van der Waals surface area (Å²) in [6.45, 7) is 0. The highest BCUT2D eigenvalue weighted by molar-refractivity contribution is 5.70. The molecule has 0 unspecified atom stereocenters. The number of hydrogen-bond acceptors (Lipinski definition) is 4. The SMILES string of the molecule is O=C(O)Cc1ccc(-c2nnco2)cc1. The van der Waals surface area contributed by atoms with Crippen LogP contribution >= 0.6 is 0 Å². The van der Waals surface area contributed by atoms with Gasteiger partial charge in [-0.3, -0.25) is 4.79 Å². The molecule has 0 atom stereocenters. The van der Waals surface area contributed by atoms with Gasteiger partial charge >= 0.3 is 5.97 Å². The van der Waals surface area contributed by atoms with E-state index < -0.39 is 5.97 Å². The second-order valence-electron chi connectivity index (χ2n) is 3.01. The molecule has 15 heavy (non-hydrogen) atoms. The lowest BCUT2D eigenvalue weighted by Gasteiger charge is -1.97. The molecular formula is C10H8N2O3. The number of aliphatic carboxylic acids is 1. The normalized spacial score (nSPS) is 10.1. The van der Waals surface area contributed by atoms with Gasteiger partial charge in [-0.1, -0.05) is 12.1 Å². The van der Waals surface area contributed by atoms with Gasteiger partial charge < -0.3 is 9.52 Å². The lowest BCUT2D eigenvalue weighted by Crippen LogP contribution is -1.99. The zero-order valence-electron chi connectivity index (χ0n) is 7.75. The fourth-order valence-electron chi connectivity index (χ4n) is 1.24. The van der Waals surface area contributed by atoms with Gasteiger partial charge in [0.15, 0.2) is 0 Å². The third-order valence-corrected chi connectivity index (χ3v) is 1.92. The minimum Gasteiger partial charge on any atom is -0.481 e. The third-order valence-electron chi connectivity index (χ3n) is 1.92. The first-order chi connectivity index (χ1) is 7.25. The van der Waals surface area contributed by atoms with Crippen molar-refractivity contribution in [2.45, 2.75) is 6.42 Å². The zero-order valence-corrected chi connectivity index (χ0v) is 7.75. The molecule has 0 saturated heterocycles. The molecule has 1 N–H and O–H groups in total. The van der Waals surface area contributed by atoms with Gasteiger partial charge in [-0.05, 0) is 17.7 Å². The monoisotopic (exact) mass is 204 g/mol. The van der Waals surface area contributed by atoms with E-state index in [0.29, 0.717) is 5.89 Å². The quantitative estimate of drug-likeness (QED) is 0.816. The predicted molar refractivity (Wildman–Crippen MR) is 51.1 cm³/mol. The van der Waals surface area contributed by atoms with Gasteiger partial charge in [0.05, 0.1) is 6.42 Å². The predicted octanol–water partition coefficient (Wildman–Crippen LogP) is 1.36. The first-order valence-electron chi connectivity index (χ1n) is 4.33.